The van der Waals surface area contributed by atoms with Gasteiger partial charge in [0.25, 0.3) is 0 Å². The molecule has 31 heavy (non-hydrogen) atoms. The van der Waals surface area contributed by atoms with Gasteiger partial charge < -0.3 is 5.32 Å². The van der Waals surface area contributed by atoms with Crippen LogP contribution in [0.4, 0.5) is 5.95 Å². The number of fused-ring (bicyclic) bond motifs is 3. The Morgan fingerprint density at radius 1 is 0.968 bits per heavy atom. The van der Waals surface area contributed by atoms with Crippen molar-refractivity contribution in [3.05, 3.63) is 102 Å². The SMILES string of the molecule is Cc1ccccc1[C@H]1C=C2Nc3ncnn3[C@@H](c3cccc4ccccc34)[C@@H]2C(=O)C1. The summed E-state index contributed by atoms with van der Waals surface area (Å²) in [7, 11) is 0. The molecule has 0 fully saturated rings. The van der Waals surface area contributed by atoms with Crippen LogP contribution in [-0.2, 0) is 4.79 Å². The molecule has 0 amide bonds. The zero-order valence-corrected chi connectivity index (χ0v) is 17.2. The van der Waals surface area contributed by atoms with Gasteiger partial charge in [0.15, 0.2) is 0 Å². The van der Waals surface area contributed by atoms with Gasteiger partial charge in [-0.25, -0.2) is 4.68 Å². The summed E-state index contributed by atoms with van der Waals surface area (Å²) in [5, 5.41) is 10.2. The molecule has 4 aromatic rings. The quantitative estimate of drug-likeness (QED) is 0.508. The lowest BCUT2D eigenvalue weighted by atomic mass is 9.74. The molecular formula is C26H22N4O. The number of ketones is 1. The van der Waals surface area contributed by atoms with Gasteiger partial charge in [-0.3, -0.25) is 4.79 Å². The standard InChI is InChI=1S/C26H22N4O/c1-16-7-2-4-10-19(16)18-13-22-24(23(31)14-18)25(30-26(29-22)27-15-28-30)21-12-6-9-17-8-3-5-11-20(17)21/h2-13,15,18,24-25H,14H2,1H3,(H,27,28,29)/t18-,24-,25-/m0/s1. The number of Topliss-reactive ketones (excluding diaryl/α,β-unsaturated/α-hetero) is 1. The average molecular weight is 406 g/mol. The van der Waals surface area contributed by atoms with Crippen LogP contribution in [0.3, 0.4) is 0 Å². The molecule has 1 aromatic heterocycles. The van der Waals surface area contributed by atoms with E-state index in [1.165, 1.54) is 11.1 Å². The van der Waals surface area contributed by atoms with Crippen LogP contribution in [0.15, 0.2) is 84.8 Å². The summed E-state index contributed by atoms with van der Waals surface area (Å²) >= 11 is 0. The third-order valence-corrected chi connectivity index (χ3v) is 6.62. The minimum atomic E-state index is -0.305. The van der Waals surface area contributed by atoms with E-state index >= 15 is 0 Å². The summed E-state index contributed by atoms with van der Waals surface area (Å²) in [6.45, 7) is 2.11. The number of allylic oxidation sites excluding steroid dienone is 2. The Kier molecular flexibility index (Phi) is 4.03. The van der Waals surface area contributed by atoms with E-state index in [0.717, 1.165) is 22.0 Å². The first kappa shape index (κ1) is 18.1. The highest BCUT2D eigenvalue weighted by molar-refractivity contribution is 5.91. The third kappa shape index (κ3) is 2.81. The van der Waals surface area contributed by atoms with Gasteiger partial charge in [-0.2, -0.15) is 10.1 Å². The number of rotatable bonds is 2. The Morgan fingerprint density at radius 3 is 2.65 bits per heavy atom. The maximum atomic E-state index is 13.6. The van der Waals surface area contributed by atoms with E-state index in [1.807, 2.05) is 28.9 Å². The van der Waals surface area contributed by atoms with Crippen LogP contribution in [0.25, 0.3) is 10.8 Å². The van der Waals surface area contributed by atoms with Crippen LogP contribution in [0.5, 0.6) is 0 Å². The monoisotopic (exact) mass is 406 g/mol. The number of carbonyl (C=O) groups is 1. The van der Waals surface area contributed by atoms with Crippen LogP contribution >= 0.6 is 0 Å². The van der Waals surface area contributed by atoms with Gasteiger partial charge in [0.05, 0.1) is 12.0 Å². The van der Waals surface area contributed by atoms with Gasteiger partial charge in [0.2, 0.25) is 5.95 Å². The number of aromatic nitrogens is 3. The topological polar surface area (TPSA) is 59.8 Å². The van der Waals surface area contributed by atoms with Crippen molar-refractivity contribution in [2.24, 2.45) is 5.92 Å². The maximum absolute atomic E-state index is 13.6. The van der Waals surface area contributed by atoms with Crippen molar-refractivity contribution < 1.29 is 4.79 Å². The molecule has 1 aliphatic heterocycles. The minimum absolute atomic E-state index is 0.0649. The first-order valence-electron chi connectivity index (χ1n) is 10.6. The second-order valence-electron chi connectivity index (χ2n) is 8.40. The lowest BCUT2D eigenvalue weighted by Crippen LogP contribution is -2.40. The summed E-state index contributed by atoms with van der Waals surface area (Å²) < 4.78 is 1.87. The first-order valence-corrected chi connectivity index (χ1v) is 10.6. The summed E-state index contributed by atoms with van der Waals surface area (Å²) in [4.78, 5) is 18.1. The van der Waals surface area contributed by atoms with E-state index < -0.39 is 0 Å². The zero-order chi connectivity index (χ0) is 20.9. The molecule has 5 nitrogen and oxygen atoms in total. The molecule has 0 spiro atoms. The fourth-order valence-electron chi connectivity index (χ4n) is 5.20. The molecule has 5 heteroatoms. The lowest BCUT2D eigenvalue weighted by molar-refractivity contribution is -0.123. The molecule has 1 aliphatic carbocycles. The van der Waals surface area contributed by atoms with Crippen molar-refractivity contribution >= 4 is 22.5 Å². The largest absolute Gasteiger partial charge is 0.328 e. The molecule has 6 rings (SSSR count). The molecule has 1 N–H and O–H groups in total. The van der Waals surface area contributed by atoms with E-state index in [0.29, 0.717) is 12.4 Å². The molecule has 0 saturated heterocycles. The minimum Gasteiger partial charge on any atom is -0.328 e. The number of carbonyl (C=O) groups excluding carboxylic acids is 1. The van der Waals surface area contributed by atoms with Crippen LogP contribution in [-0.4, -0.2) is 20.5 Å². The van der Waals surface area contributed by atoms with Crippen LogP contribution in [0.2, 0.25) is 0 Å². The molecule has 0 saturated carbocycles. The van der Waals surface area contributed by atoms with Gasteiger partial charge in [0.1, 0.15) is 12.1 Å². The number of benzene rings is 3. The van der Waals surface area contributed by atoms with E-state index in [4.69, 9.17) is 0 Å². The summed E-state index contributed by atoms with van der Waals surface area (Å²) in [6.07, 6.45) is 4.28. The highest BCUT2D eigenvalue weighted by atomic mass is 16.1. The van der Waals surface area contributed by atoms with Crippen LogP contribution in [0.1, 0.15) is 35.1 Å². The van der Waals surface area contributed by atoms with E-state index in [-0.39, 0.29) is 23.7 Å². The number of nitrogens with zero attached hydrogens (tertiary/aromatic N) is 3. The fourth-order valence-corrected chi connectivity index (χ4v) is 5.20. The summed E-state index contributed by atoms with van der Waals surface area (Å²) in [5.41, 5.74) is 4.45. The Balaban J connectivity index is 1.53. The molecule has 3 atom stereocenters. The Hall–Kier alpha value is -3.73. The van der Waals surface area contributed by atoms with Crippen molar-refractivity contribution in [3.63, 3.8) is 0 Å². The van der Waals surface area contributed by atoms with Crippen molar-refractivity contribution in [1.82, 2.24) is 14.8 Å². The lowest BCUT2D eigenvalue weighted by Gasteiger charge is -2.38. The van der Waals surface area contributed by atoms with Crippen LogP contribution < -0.4 is 5.32 Å². The first-order chi connectivity index (χ1) is 15.2. The molecule has 2 aliphatic rings. The Labute approximate surface area is 180 Å². The normalized spacial score (nSPS) is 22.4. The van der Waals surface area contributed by atoms with Crippen molar-refractivity contribution in [2.75, 3.05) is 5.32 Å². The van der Waals surface area contributed by atoms with E-state index in [9.17, 15) is 4.79 Å². The predicted molar refractivity (Wildman–Crippen MR) is 121 cm³/mol. The number of aryl methyl sites for hydroxylation is 1. The molecular weight excluding hydrogens is 384 g/mol. The van der Waals surface area contributed by atoms with Gasteiger partial charge in [-0.1, -0.05) is 72.8 Å². The van der Waals surface area contributed by atoms with Gasteiger partial charge in [0, 0.05) is 18.0 Å². The van der Waals surface area contributed by atoms with Crippen molar-refractivity contribution in [2.45, 2.75) is 25.3 Å². The second-order valence-corrected chi connectivity index (χ2v) is 8.40. The molecule has 152 valence electrons. The number of hydrogen-bond acceptors (Lipinski definition) is 4. The predicted octanol–water partition coefficient (Wildman–Crippen LogP) is 5.01. The molecule has 0 radical (unpaired) electrons. The van der Waals surface area contributed by atoms with Crippen molar-refractivity contribution in [1.29, 1.82) is 0 Å². The fraction of sp³-hybridized carbons (Fsp3) is 0.192. The van der Waals surface area contributed by atoms with Gasteiger partial charge in [-0.05, 0) is 34.4 Å². The van der Waals surface area contributed by atoms with Crippen LogP contribution in [0, 0.1) is 12.8 Å². The smallest absolute Gasteiger partial charge is 0.226 e. The molecule has 0 bridgehead atoms. The van der Waals surface area contributed by atoms with Gasteiger partial charge >= 0.3 is 0 Å². The molecule has 2 heterocycles. The number of anilines is 1. The average Bonchev–Trinajstić information content (AvgIpc) is 3.26. The Morgan fingerprint density at radius 2 is 1.74 bits per heavy atom. The summed E-state index contributed by atoms with van der Waals surface area (Å²) in [5.74, 6) is 0.673. The third-order valence-electron chi connectivity index (χ3n) is 6.62. The molecule has 0 unspecified atom stereocenters. The second kappa shape index (κ2) is 6.91. The van der Waals surface area contributed by atoms with Crippen molar-refractivity contribution in [3.8, 4) is 0 Å². The zero-order valence-electron chi connectivity index (χ0n) is 17.2. The van der Waals surface area contributed by atoms with E-state index in [1.54, 1.807) is 6.33 Å². The highest BCUT2D eigenvalue weighted by Gasteiger charge is 2.43. The number of nitrogens with one attached hydrogen (secondary N) is 1. The van der Waals surface area contributed by atoms with Gasteiger partial charge in [-0.15, -0.1) is 0 Å². The Bertz CT molecular complexity index is 1350. The molecule has 3 aromatic carbocycles. The number of hydrogen-bond donors (Lipinski definition) is 1. The summed E-state index contributed by atoms with van der Waals surface area (Å²) in [6, 6.07) is 22.7. The van der Waals surface area contributed by atoms with E-state index in [2.05, 4.69) is 70.9 Å². The highest BCUT2D eigenvalue weighted by Crippen LogP contribution is 2.45. The maximum Gasteiger partial charge on any atom is 0.226 e.